The van der Waals surface area contributed by atoms with Crippen molar-refractivity contribution < 1.29 is 9.50 Å². The highest BCUT2D eigenvalue weighted by atomic mass is 19.1. The second-order valence-corrected chi connectivity index (χ2v) is 4.01. The lowest BCUT2D eigenvalue weighted by molar-refractivity contribution is 0.350. The predicted molar refractivity (Wildman–Crippen MR) is 70.8 cm³/mol. The van der Waals surface area contributed by atoms with E-state index in [1.165, 1.54) is 35.0 Å². The minimum atomic E-state index is -0.537. The third-order valence-electron chi connectivity index (χ3n) is 2.58. The summed E-state index contributed by atoms with van der Waals surface area (Å²) in [6.07, 6.45) is 1.36. The van der Waals surface area contributed by atoms with Crippen molar-refractivity contribution in [2.24, 2.45) is 0 Å². The molecule has 0 unspecified atom stereocenters. The Morgan fingerprint density at radius 3 is 2.80 bits per heavy atom. The summed E-state index contributed by atoms with van der Waals surface area (Å²) in [4.78, 5) is 24.6. The van der Waals surface area contributed by atoms with Crippen LogP contribution in [-0.2, 0) is 6.54 Å². The van der Waals surface area contributed by atoms with Crippen LogP contribution in [0.15, 0.2) is 40.1 Å². The Morgan fingerprint density at radius 1 is 1.30 bits per heavy atom. The van der Waals surface area contributed by atoms with E-state index in [-0.39, 0.29) is 18.7 Å². The number of aliphatic hydroxyl groups excluding tert-OH is 1. The molecule has 0 saturated carbocycles. The second-order valence-electron chi connectivity index (χ2n) is 4.01. The molecule has 20 heavy (non-hydrogen) atoms. The molecule has 6 heteroatoms. The van der Waals surface area contributed by atoms with E-state index in [9.17, 15) is 14.0 Å². The Hall–Kier alpha value is -2.65. The van der Waals surface area contributed by atoms with Crippen molar-refractivity contribution in [3.63, 3.8) is 0 Å². The van der Waals surface area contributed by atoms with Gasteiger partial charge in [-0.05, 0) is 17.7 Å². The van der Waals surface area contributed by atoms with E-state index in [1.807, 2.05) is 0 Å². The van der Waals surface area contributed by atoms with Gasteiger partial charge in [0.2, 0.25) is 0 Å². The van der Waals surface area contributed by atoms with E-state index in [0.29, 0.717) is 5.56 Å². The first-order valence-corrected chi connectivity index (χ1v) is 5.78. The number of aromatic nitrogens is 2. The molecule has 0 saturated heterocycles. The van der Waals surface area contributed by atoms with Crippen LogP contribution in [0, 0.1) is 17.7 Å². The molecule has 0 aliphatic rings. The van der Waals surface area contributed by atoms with Gasteiger partial charge in [-0.15, -0.1) is 0 Å². The van der Waals surface area contributed by atoms with Crippen molar-refractivity contribution in [2.45, 2.75) is 6.54 Å². The number of hydrogen-bond acceptors (Lipinski definition) is 3. The number of benzene rings is 1. The third kappa shape index (κ3) is 3.22. The van der Waals surface area contributed by atoms with Gasteiger partial charge in [0.15, 0.2) is 0 Å². The number of nitrogens with zero attached hydrogens (tertiary/aromatic N) is 1. The number of halogens is 1. The van der Waals surface area contributed by atoms with Gasteiger partial charge in [-0.1, -0.05) is 17.9 Å². The van der Waals surface area contributed by atoms with Crippen LogP contribution in [-0.4, -0.2) is 21.3 Å². The zero-order valence-electron chi connectivity index (χ0n) is 10.4. The first-order valence-electron chi connectivity index (χ1n) is 5.78. The lowest BCUT2D eigenvalue weighted by Gasteiger charge is -2.05. The van der Waals surface area contributed by atoms with Gasteiger partial charge < -0.3 is 5.11 Å². The van der Waals surface area contributed by atoms with Crippen LogP contribution in [0.3, 0.4) is 0 Å². The first-order chi connectivity index (χ1) is 9.60. The van der Waals surface area contributed by atoms with E-state index in [4.69, 9.17) is 5.11 Å². The molecule has 0 aliphatic carbocycles. The summed E-state index contributed by atoms with van der Waals surface area (Å²) in [5, 5.41) is 8.61. The van der Waals surface area contributed by atoms with Crippen molar-refractivity contribution in [3.8, 4) is 11.8 Å². The highest BCUT2D eigenvalue weighted by Gasteiger charge is 2.03. The fraction of sp³-hybridized carbons (Fsp3) is 0.143. The molecule has 0 radical (unpaired) electrons. The summed E-state index contributed by atoms with van der Waals surface area (Å²) in [5.74, 6) is 4.36. The second kappa shape index (κ2) is 5.99. The topological polar surface area (TPSA) is 75.1 Å². The Morgan fingerprint density at radius 2 is 2.10 bits per heavy atom. The number of H-pyrrole nitrogens is 1. The normalized spacial score (nSPS) is 9.90. The Balaban J connectivity index is 2.34. The fourth-order valence-electron chi connectivity index (χ4n) is 1.67. The number of aromatic amines is 1. The van der Waals surface area contributed by atoms with Crippen molar-refractivity contribution in [1.82, 2.24) is 9.55 Å². The molecule has 2 rings (SSSR count). The van der Waals surface area contributed by atoms with Gasteiger partial charge in [-0.3, -0.25) is 14.3 Å². The number of aliphatic hydroxyl groups is 1. The molecule has 0 spiro atoms. The maximum Gasteiger partial charge on any atom is 0.328 e. The molecular weight excluding hydrogens is 263 g/mol. The molecule has 1 aromatic heterocycles. The van der Waals surface area contributed by atoms with Gasteiger partial charge >= 0.3 is 5.69 Å². The summed E-state index contributed by atoms with van der Waals surface area (Å²) in [7, 11) is 0. The third-order valence-corrected chi connectivity index (χ3v) is 2.58. The monoisotopic (exact) mass is 274 g/mol. The zero-order chi connectivity index (χ0) is 14.5. The number of nitrogens with one attached hydrogen (secondary N) is 1. The van der Waals surface area contributed by atoms with E-state index in [0.717, 1.165) is 0 Å². The van der Waals surface area contributed by atoms with Crippen molar-refractivity contribution in [3.05, 3.63) is 68.2 Å². The van der Waals surface area contributed by atoms with Crippen LogP contribution in [0.4, 0.5) is 4.39 Å². The first kappa shape index (κ1) is 13.8. The Labute approximate surface area is 113 Å². The molecule has 5 nitrogen and oxygen atoms in total. The average molecular weight is 274 g/mol. The SMILES string of the molecule is O=c1ccn(Cc2ccc(F)c(C#CCO)c2)c(=O)[nH]1. The summed E-state index contributed by atoms with van der Waals surface area (Å²) in [5.41, 5.74) is -0.207. The highest BCUT2D eigenvalue weighted by Crippen LogP contribution is 2.10. The number of hydrogen-bond donors (Lipinski definition) is 2. The van der Waals surface area contributed by atoms with Gasteiger partial charge in [0.05, 0.1) is 12.1 Å². The summed E-state index contributed by atoms with van der Waals surface area (Å²) in [6.45, 7) is -0.174. The van der Waals surface area contributed by atoms with Gasteiger partial charge in [-0.25, -0.2) is 9.18 Å². The number of rotatable bonds is 2. The molecule has 0 atom stereocenters. The molecule has 0 amide bonds. The minimum Gasteiger partial charge on any atom is -0.384 e. The quantitative estimate of drug-likeness (QED) is 0.761. The molecule has 0 fully saturated rings. The zero-order valence-corrected chi connectivity index (χ0v) is 10.4. The van der Waals surface area contributed by atoms with Crippen LogP contribution >= 0.6 is 0 Å². The Kier molecular flexibility index (Phi) is 4.13. The predicted octanol–water partition coefficient (Wildman–Crippen LogP) is 0.0678. The van der Waals surface area contributed by atoms with E-state index in [2.05, 4.69) is 16.8 Å². The summed E-state index contributed by atoms with van der Waals surface area (Å²) >= 11 is 0. The van der Waals surface area contributed by atoms with Gasteiger partial charge in [0, 0.05) is 12.3 Å². The molecule has 102 valence electrons. The van der Waals surface area contributed by atoms with Gasteiger partial charge in [0.25, 0.3) is 5.56 Å². The fourth-order valence-corrected chi connectivity index (χ4v) is 1.67. The highest BCUT2D eigenvalue weighted by molar-refractivity contribution is 5.38. The molecule has 1 heterocycles. The summed E-state index contributed by atoms with van der Waals surface area (Å²) in [6, 6.07) is 5.50. The van der Waals surface area contributed by atoms with Crippen molar-refractivity contribution in [2.75, 3.05) is 6.61 Å². The van der Waals surface area contributed by atoms with Crippen LogP contribution in [0.1, 0.15) is 11.1 Å². The van der Waals surface area contributed by atoms with Crippen molar-refractivity contribution >= 4 is 0 Å². The average Bonchev–Trinajstić information content (AvgIpc) is 2.42. The summed E-state index contributed by atoms with van der Waals surface area (Å²) < 4.78 is 14.8. The van der Waals surface area contributed by atoms with Crippen LogP contribution in [0.5, 0.6) is 0 Å². The molecule has 1 aromatic carbocycles. The van der Waals surface area contributed by atoms with Crippen molar-refractivity contribution in [1.29, 1.82) is 0 Å². The maximum atomic E-state index is 13.5. The molecule has 0 bridgehead atoms. The Bertz CT molecular complexity index is 796. The molecule has 2 N–H and O–H groups in total. The lowest BCUT2D eigenvalue weighted by Crippen LogP contribution is -2.28. The van der Waals surface area contributed by atoms with E-state index < -0.39 is 17.1 Å². The van der Waals surface area contributed by atoms with E-state index in [1.54, 1.807) is 0 Å². The minimum absolute atomic E-state index is 0.147. The molecule has 0 aliphatic heterocycles. The van der Waals surface area contributed by atoms with Crippen LogP contribution < -0.4 is 11.2 Å². The van der Waals surface area contributed by atoms with Gasteiger partial charge in [0.1, 0.15) is 12.4 Å². The smallest absolute Gasteiger partial charge is 0.328 e. The lowest BCUT2D eigenvalue weighted by atomic mass is 10.1. The van der Waals surface area contributed by atoms with Gasteiger partial charge in [-0.2, -0.15) is 0 Å². The van der Waals surface area contributed by atoms with Crippen LogP contribution in [0.2, 0.25) is 0 Å². The molecular formula is C14H11FN2O3. The van der Waals surface area contributed by atoms with E-state index >= 15 is 0 Å². The maximum absolute atomic E-state index is 13.5. The standard InChI is InChI=1S/C14H11FN2O3/c15-12-4-3-10(8-11(12)2-1-7-18)9-17-6-5-13(19)16-14(17)20/h3-6,8,18H,7,9H2,(H,16,19,20). The molecule has 2 aromatic rings. The largest absolute Gasteiger partial charge is 0.384 e. The van der Waals surface area contributed by atoms with Crippen LogP contribution in [0.25, 0.3) is 0 Å².